The lowest BCUT2D eigenvalue weighted by molar-refractivity contribution is -0.0738. The van der Waals surface area contributed by atoms with Crippen LogP contribution in [0.3, 0.4) is 0 Å². The fourth-order valence-corrected chi connectivity index (χ4v) is 5.22. The van der Waals surface area contributed by atoms with Crippen molar-refractivity contribution in [1.29, 1.82) is 0 Å². The molecule has 3 aromatic rings. The largest absolute Gasteiger partial charge is 0.390 e. The first-order valence-electron chi connectivity index (χ1n) is 11.2. The molecular formula is C27H30N4O. The highest BCUT2D eigenvalue weighted by Crippen LogP contribution is 2.46. The van der Waals surface area contributed by atoms with Gasteiger partial charge in [-0.05, 0) is 43.9 Å². The zero-order chi connectivity index (χ0) is 22.5. The number of nitrogens with zero attached hydrogens (tertiary/aromatic N) is 2. The summed E-state index contributed by atoms with van der Waals surface area (Å²) in [4.78, 5) is 7.30. The summed E-state index contributed by atoms with van der Waals surface area (Å²) in [5.41, 5.74) is 12.8. The normalized spacial score (nSPS) is 24.5. The van der Waals surface area contributed by atoms with Gasteiger partial charge in [0.05, 0.1) is 35.0 Å². The molecule has 5 heteroatoms. The van der Waals surface area contributed by atoms with Gasteiger partial charge in [0, 0.05) is 23.2 Å². The molecule has 0 saturated heterocycles. The number of nitrogens with two attached hydrogens (primary N) is 1. The van der Waals surface area contributed by atoms with E-state index in [0.29, 0.717) is 19.4 Å². The average Bonchev–Trinajstić information content (AvgIpc) is 2.77. The molecule has 5 nitrogen and oxygen atoms in total. The summed E-state index contributed by atoms with van der Waals surface area (Å²) < 4.78 is 0. The van der Waals surface area contributed by atoms with Gasteiger partial charge in [-0.3, -0.25) is 0 Å². The van der Waals surface area contributed by atoms with E-state index in [2.05, 4.69) is 78.3 Å². The molecule has 2 heterocycles. The molecule has 0 spiro atoms. The van der Waals surface area contributed by atoms with Crippen molar-refractivity contribution < 1.29 is 5.11 Å². The highest BCUT2D eigenvalue weighted by molar-refractivity contribution is 5.84. The molecule has 0 amide bonds. The highest BCUT2D eigenvalue weighted by atomic mass is 16.3. The van der Waals surface area contributed by atoms with Crippen LogP contribution in [0.4, 0.5) is 5.69 Å². The maximum Gasteiger partial charge on any atom is 0.0987 e. The molecule has 2 aliphatic rings. The number of nitrogens with one attached hydrogen (secondary N) is 1. The van der Waals surface area contributed by atoms with Gasteiger partial charge in [-0.25, -0.2) is 4.98 Å². The van der Waals surface area contributed by atoms with E-state index in [1.807, 2.05) is 13.0 Å². The van der Waals surface area contributed by atoms with Crippen LogP contribution in [0.15, 0.2) is 73.1 Å². The van der Waals surface area contributed by atoms with Crippen molar-refractivity contribution in [2.24, 2.45) is 5.73 Å². The number of hydrogen-bond acceptors (Lipinski definition) is 5. The second kappa shape index (κ2) is 7.47. The third-order valence-corrected chi connectivity index (χ3v) is 6.68. The predicted octanol–water partition coefficient (Wildman–Crippen LogP) is 4.52. The topological polar surface area (TPSA) is 74.4 Å². The molecule has 1 aliphatic heterocycles. The van der Waals surface area contributed by atoms with Gasteiger partial charge >= 0.3 is 0 Å². The van der Waals surface area contributed by atoms with Crippen molar-refractivity contribution in [1.82, 2.24) is 10.3 Å². The standard InChI is InChI=1S/C27H30N4O/c1-4-31-18(2)29-15-23-24(31)14-22(19-8-6-5-7-9-19)25(30-23)20-10-12-21(13-11-20)27(28)16-26(3,32)17-27/h5-14,29,32H,2,4,15-17,28H2,1,3H3. The van der Waals surface area contributed by atoms with Gasteiger partial charge in [-0.15, -0.1) is 0 Å². The smallest absolute Gasteiger partial charge is 0.0987 e. The molecule has 0 unspecified atom stereocenters. The molecule has 5 rings (SSSR count). The zero-order valence-corrected chi connectivity index (χ0v) is 18.7. The van der Waals surface area contributed by atoms with Crippen molar-refractivity contribution in [3.05, 3.63) is 84.3 Å². The van der Waals surface area contributed by atoms with Gasteiger partial charge in [-0.1, -0.05) is 61.2 Å². The molecule has 164 valence electrons. The molecular weight excluding hydrogens is 396 g/mol. The first kappa shape index (κ1) is 20.7. The van der Waals surface area contributed by atoms with E-state index in [9.17, 15) is 5.11 Å². The number of benzene rings is 2. The predicted molar refractivity (Wildman–Crippen MR) is 130 cm³/mol. The van der Waals surface area contributed by atoms with Crippen LogP contribution in [-0.4, -0.2) is 22.2 Å². The van der Waals surface area contributed by atoms with Crippen LogP contribution in [0.5, 0.6) is 0 Å². The van der Waals surface area contributed by atoms with Crippen molar-refractivity contribution in [3.8, 4) is 22.4 Å². The van der Waals surface area contributed by atoms with Crippen molar-refractivity contribution in [3.63, 3.8) is 0 Å². The van der Waals surface area contributed by atoms with E-state index >= 15 is 0 Å². The Morgan fingerprint density at radius 3 is 2.41 bits per heavy atom. The van der Waals surface area contributed by atoms with Crippen LogP contribution in [-0.2, 0) is 12.1 Å². The third kappa shape index (κ3) is 3.48. The van der Waals surface area contributed by atoms with Crippen LogP contribution >= 0.6 is 0 Å². The number of hydrogen-bond donors (Lipinski definition) is 3. The van der Waals surface area contributed by atoms with Gasteiger partial charge in [0.1, 0.15) is 0 Å². The van der Waals surface area contributed by atoms with Crippen molar-refractivity contribution in [2.75, 3.05) is 11.4 Å². The van der Waals surface area contributed by atoms with E-state index in [-0.39, 0.29) is 0 Å². The van der Waals surface area contributed by atoms with Gasteiger partial charge in [0.15, 0.2) is 0 Å². The fourth-order valence-electron chi connectivity index (χ4n) is 5.22. The first-order valence-corrected chi connectivity index (χ1v) is 11.2. The molecule has 0 radical (unpaired) electrons. The second-order valence-corrected chi connectivity index (χ2v) is 9.34. The summed E-state index contributed by atoms with van der Waals surface area (Å²) in [6.07, 6.45) is 1.15. The minimum Gasteiger partial charge on any atom is -0.390 e. The molecule has 32 heavy (non-hydrogen) atoms. The van der Waals surface area contributed by atoms with Gasteiger partial charge in [-0.2, -0.15) is 0 Å². The van der Waals surface area contributed by atoms with E-state index in [0.717, 1.165) is 51.7 Å². The van der Waals surface area contributed by atoms with E-state index in [4.69, 9.17) is 10.7 Å². The van der Waals surface area contributed by atoms with E-state index in [1.54, 1.807) is 0 Å². The third-order valence-electron chi connectivity index (χ3n) is 6.68. The zero-order valence-electron chi connectivity index (χ0n) is 18.7. The first-order chi connectivity index (χ1) is 15.3. The number of aliphatic hydroxyl groups is 1. The molecule has 1 aromatic heterocycles. The van der Waals surface area contributed by atoms with Crippen LogP contribution in [0.2, 0.25) is 0 Å². The Labute approximate surface area is 189 Å². The van der Waals surface area contributed by atoms with Gasteiger partial charge in [0.25, 0.3) is 0 Å². The Balaban J connectivity index is 1.60. The minimum absolute atomic E-state index is 0.459. The molecule has 1 fully saturated rings. The van der Waals surface area contributed by atoms with Crippen LogP contribution in [0, 0.1) is 0 Å². The second-order valence-electron chi connectivity index (χ2n) is 9.34. The molecule has 0 bridgehead atoms. The van der Waals surface area contributed by atoms with Crippen LogP contribution in [0.25, 0.3) is 22.4 Å². The Morgan fingerprint density at radius 2 is 1.78 bits per heavy atom. The van der Waals surface area contributed by atoms with E-state index in [1.165, 1.54) is 0 Å². The Bertz CT molecular complexity index is 1160. The summed E-state index contributed by atoms with van der Waals surface area (Å²) >= 11 is 0. The summed E-state index contributed by atoms with van der Waals surface area (Å²) in [5, 5.41) is 13.5. The van der Waals surface area contributed by atoms with E-state index < -0.39 is 11.1 Å². The maximum absolute atomic E-state index is 10.2. The Kier molecular flexibility index (Phi) is 4.84. The average molecular weight is 427 g/mol. The SMILES string of the molecule is C=C1NCc2nc(-c3ccc(C4(N)CC(C)(O)C4)cc3)c(-c3ccccc3)cc2N1CC. The van der Waals surface area contributed by atoms with Crippen molar-refractivity contribution >= 4 is 5.69 Å². The molecule has 1 saturated carbocycles. The number of pyridine rings is 1. The summed E-state index contributed by atoms with van der Waals surface area (Å²) in [6.45, 7) is 9.61. The quantitative estimate of drug-likeness (QED) is 0.572. The summed E-state index contributed by atoms with van der Waals surface area (Å²) in [7, 11) is 0. The highest BCUT2D eigenvalue weighted by Gasteiger charge is 2.49. The lowest BCUT2D eigenvalue weighted by Gasteiger charge is -2.49. The number of rotatable bonds is 4. The lowest BCUT2D eigenvalue weighted by Crippen LogP contribution is -2.58. The molecule has 1 aliphatic carbocycles. The summed E-state index contributed by atoms with van der Waals surface area (Å²) in [6, 6.07) is 21.0. The Morgan fingerprint density at radius 1 is 1.09 bits per heavy atom. The van der Waals surface area contributed by atoms with Gasteiger partial charge < -0.3 is 21.1 Å². The summed E-state index contributed by atoms with van der Waals surface area (Å²) in [5.74, 6) is 0.905. The lowest BCUT2D eigenvalue weighted by atomic mass is 9.63. The number of fused-ring (bicyclic) bond motifs is 1. The van der Waals surface area contributed by atoms with Crippen LogP contribution in [0.1, 0.15) is 37.9 Å². The Hall–Kier alpha value is -3.15. The maximum atomic E-state index is 10.2. The monoisotopic (exact) mass is 426 g/mol. The molecule has 0 atom stereocenters. The molecule has 4 N–H and O–H groups in total. The number of aromatic nitrogens is 1. The minimum atomic E-state index is -0.671. The van der Waals surface area contributed by atoms with Crippen molar-refractivity contribution in [2.45, 2.75) is 44.4 Å². The van der Waals surface area contributed by atoms with Crippen LogP contribution < -0.4 is 16.0 Å². The number of anilines is 1. The fraction of sp³-hybridized carbons (Fsp3) is 0.296. The molecule has 2 aromatic carbocycles. The van der Waals surface area contributed by atoms with Gasteiger partial charge in [0.2, 0.25) is 0 Å².